The predicted molar refractivity (Wildman–Crippen MR) is 225 cm³/mol. The zero-order valence-electron chi connectivity index (χ0n) is 32.2. The van der Waals surface area contributed by atoms with Crippen molar-refractivity contribution in [2.24, 2.45) is 0 Å². The molecule has 0 saturated carbocycles. The van der Waals surface area contributed by atoms with Gasteiger partial charge < -0.3 is 34.7 Å². The summed E-state index contributed by atoms with van der Waals surface area (Å²) in [5, 5.41) is 18.8. The van der Waals surface area contributed by atoms with Crippen LogP contribution < -0.4 is 29.6 Å². The Balaban J connectivity index is 1.39. The number of unbranched alkanes of at least 4 members (excludes halogenated alkanes) is 9. The van der Waals surface area contributed by atoms with E-state index in [1.807, 2.05) is 24.3 Å². The quantitative estimate of drug-likeness (QED) is 0.0500. The van der Waals surface area contributed by atoms with Crippen LogP contribution in [0.4, 0.5) is 11.4 Å². The number of benzene rings is 5. The van der Waals surface area contributed by atoms with Crippen LogP contribution in [-0.2, 0) is 9.59 Å². The first-order chi connectivity index (χ1) is 27.1. The maximum absolute atomic E-state index is 14.3. The number of amides is 2. The van der Waals surface area contributed by atoms with Gasteiger partial charge in [-0.25, -0.2) is 0 Å². The number of methoxy groups -OCH3 is 1. The predicted octanol–water partition coefficient (Wildman–Crippen LogP) is 13.1. The van der Waals surface area contributed by atoms with Gasteiger partial charge in [0.15, 0.2) is 11.9 Å². The van der Waals surface area contributed by atoms with Gasteiger partial charge in [-0.2, -0.15) is 0 Å². The normalized spacial score (nSPS) is 11.5. The first-order valence-electron chi connectivity index (χ1n) is 19.2. The van der Waals surface area contributed by atoms with E-state index in [1.54, 1.807) is 61.7 Å². The number of hydrogen-bond acceptors (Lipinski definition) is 7. The molecular weight excluding hydrogens is 751 g/mol. The summed E-state index contributed by atoms with van der Waals surface area (Å²) in [6, 6.07) is 26.0. The monoisotopic (exact) mass is 800 g/mol. The van der Waals surface area contributed by atoms with Gasteiger partial charge in [0.2, 0.25) is 5.91 Å². The molecule has 0 aliphatic heterocycles. The Morgan fingerprint density at radius 3 is 1.88 bits per heavy atom. The highest BCUT2D eigenvalue weighted by atomic mass is 35.5. The first kappa shape index (κ1) is 42.0. The van der Waals surface area contributed by atoms with Crippen LogP contribution in [0.5, 0.6) is 40.2 Å². The van der Waals surface area contributed by atoms with Crippen molar-refractivity contribution >= 4 is 57.2 Å². The van der Waals surface area contributed by atoms with Crippen molar-refractivity contribution in [1.82, 2.24) is 0 Å². The Kier molecular flexibility index (Phi) is 16.0. The zero-order chi connectivity index (χ0) is 39.9. The lowest BCUT2D eigenvalue weighted by molar-refractivity contribution is -0.123. The van der Waals surface area contributed by atoms with Gasteiger partial charge in [0.05, 0.1) is 28.5 Å². The molecule has 5 rings (SSSR count). The Hall–Kier alpha value is -5.12. The molecule has 0 bridgehead atoms. The molecule has 0 heterocycles. The summed E-state index contributed by atoms with van der Waals surface area (Å²) in [4.78, 5) is 26.2. The van der Waals surface area contributed by atoms with Gasteiger partial charge in [-0.1, -0.05) is 112 Å². The van der Waals surface area contributed by atoms with Crippen LogP contribution in [0.15, 0.2) is 91.0 Å². The fourth-order valence-corrected chi connectivity index (χ4v) is 6.63. The molecule has 1 unspecified atom stereocenters. The van der Waals surface area contributed by atoms with Crippen LogP contribution >= 0.6 is 23.2 Å². The molecule has 9 nitrogen and oxygen atoms in total. The Morgan fingerprint density at radius 2 is 1.23 bits per heavy atom. The van der Waals surface area contributed by atoms with E-state index in [1.165, 1.54) is 57.6 Å². The molecule has 5 aromatic carbocycles. The largest absolute Gasteiger partial charge is 0.506 e. The van der Waals surface area contributed by atoms with Crippen molar-refractivity contribution in [3.05, 3.63) is 101 Å². The van der Waals surface area contributed by atoms with E-state index in [2.05, 4.69) is 17.6 Å². The number of rotatable bonds is 21. The fourth-order valence-electron chi connectivity index (χ4n) is 6.34. The highest BCUT2D eigenvalue weighted by Gasteiger charge is 2.24. The van der Waals surface area contributed by atoms with Gasteiger partial charge in [-0.3, -0.25) is 9.59 Å². The van der Waals surface area contributed by atoms with E-state index < -0.39 is 12.0 Å². The molecular formula is C45H50Cl2N2O7. The average Bonchev–Trinajstić information content (AvgIpc) is 3.19. The molecule has 5 aromatic rings. The SMILES string of the molecule is CCCCCCCCCCCCC(Oc1ccc(Oc2ccc(Cl)c(Cl)c2)c2ccccc12)C(=O)Nc1cc(O)c(NC(C)=O)cc1Oc1ccc(OC)cc1. The molecule has 0 saturated heterocycles. The van der Waals surface area contributed by atoms with E-state index in [9.17, 15) is 14.7 Å². The average molecular weight is 802 g/mol. The summed E-state index contributed by atoms with van der Waals surface area (Å²) in [5.74, 6) is 1.87. The summed E-state index contributed by atoms with van der Waals surface area (Å²) >= 11 is 12.4. The number of phenols is 1. The van der Waals surface area contributed by atoms with Crippen molar-refractivity contribution in [3.63, 3.8) is 0 Å². The number of ether oxygens (including phenoxy) is 4. The fraction of sp³-hybridized carbons (Fsp3) is 0.333. The van der Waals surface area contributed by atoms with E-state index in [4.69, 9.17) is 42.1 Å². The Morgan fingerprint density at radius 1 is 0.643 bits per heavy atom. The number of carbonyl (C=O) groups is 2. The summed E-state index contributed by atoms with van der Waals surface area (Å²) in [6.07, 6.45) is 11.1. The Bertz CT molecular complexity index is 2070. The van der Waals surface area contributed by atoms with Gasteiger partial charge in [0.1, 0.15) is 34.5 Å². The van der Waals surface area contributed by atoms with Gasteiger partial charge in [-0.05, 0) is 61.4 Å². The number of nitrogens with one attached hydrogen (secondary N) is 2. The molecule has 0 fully saturated rings. The topological polar surface area (TPSA) is 115 Å². The maximum Gasteiger partial charge on any atom is 0.265 e. The van der Waals surface area contributed by atoms with Gasteiger partial charge >= 0.3 is 0 Å². The number of anilines is 2. The van der Waals surface area contributed by atoms with E-state index in [0.29, 0.717) is 45.2 Å². The van der Waals surface area contributed by atoms with E-state index >= 15 is 0 Å². The van der Waals surface area contributed by atoms with E-state index in [-0.39, 0.29) is 28.8 Å². The molecule has 3 N–H and O–H groups in total. The molecule has 56 heavy (non-hydrogen) atoms. The number of halogens is 2. The molecule has 2 amide bonds. The number of aromatic hydroxyl groups is 1. The maximum atomic E-state index is 14.3. The number of hydrogen-bond donors (Lipinski definition) is 3. The van der Waals surface area contributed by atoms with Crippen molar-refractivity contribution < 1.29 is 33.6 Å². The lowest BCUT2D eigenvalue weighted by Crippen LogP contribution is -2.33. The zero-order valence-corrected chi connectivity index (χ0v) is 33.7. The molecule has 0 radical (unpaired) electrons. The van der Waals surface area contributed by atoms with Crippen LogP contribution in [0.25, 0.3) is 10.8 Å². The van der Waals surface area contributed by atoms with Crippen LogP contribution in [0.3, 0.4) is 0 Å². The third-order valence-electron chi connectivity index (χ3n) is 9.30. The smallest absolute Gasteiger partial charge is 0.265 e. The number of carbonyl (C=O) groups excluding carboxylic acids is 2. The molecule has 296 valence electrons. The molecule has 11 heteroatoms. The highest BCUT2D eigenvalue weighted by molar-refractivity contribution is 6.42. The number of fused-ring (bicyclic) bond motifs is 1. The second-order valence-corrected chi connectivity index (χ2v) is 14.5. The van der Waals surface area contributed by atoms with Gasteiger partial charge in [-0.15, -0.1) is 0 Å². The van der Waals surface area contributed by atoms with Gasteiger partial charge in [0.25, 0.3) is 5.91 Å². The number of phenolic OH excluding ortho intramolecular Hbond substituents is 1. The second-order valence-electron chi connectivity index (χ2n) is 13.7. The lowest BCUT2D eigenvalue weighted by atomic mass is 10.0. The summed E-state index contributed by atoms with van der Waals surface area (Å²) in [5.41, 5.74) is 0.330. The third-order valence-corrected chi connectivity index (χ3v) is 10.0. The van der Waals surface area contributed by atoms with Crippen LogP contribution in [0, 0.1) is 0 Å². The third kappa shape index (κ3) is 12.2. The molecule has 1 atom stereocenters. The standard InChI is InChI=1S/C45H50Cl2N2O7/c1-4-5-6-7-8-9-10-11-12-13-18-43(56-42-26-25-41(34-16-14-15-17-35(34)42)55-33-23-24-36(46)37(47)27-33)45(52)49-39-28-40(51)38(48-30(2)50)29-44(39)54-32-21-19-31(53-3)20-22-32/h14-17,19-29,43,51H,4-13,18H2,1-3H3,(H,48,50)(H,49,52). The van der Waals surface area contributed by atoms with Crippen LogP contribution in [-0.4, -0.2) is 30.1 Å². The molecule has 0 aliphatic rings. The molecule has 0 spiro atoms. The summed E-state index contributed by atoms with van der Waals surface area (Å²) in [6.45, 7) is 3.57. The van der Waals surface area contributed by atoms with Crippen molar-refractivity contribution in [1.29, 1.82) is 0 Å². The lowest BCUT2D eigenvalue weighted by Gasteiger charge is -2.22. The molecule has 0 aliphatic carbocycles. The van der Waals surface area contributed by atoms with Crippen LogP contribution in [0.1, 0.15) is 84.5 Å². The second kappa shape index (κ2) is 21.3. The first-order valence-corrected chi connectivity index (χ1v) is 20.0. The summed E-state index contributed by atoms with van der Waals surface area (Å²) in [7, 11) is 1.57. The minimum atomic E-state index is -0.903. The minimum absolute atomic E-state index is 0.131. The van der Waals surface area contributed by atoms with Crippen molar-refractivity contribution in [2.75, 3.05) is 17.7 Å². The Labute approximate surface area is 339 Å². The van der Waals surface area contributed by atoms with Crippen molar-refractivity contribution in [2.45, 2.75) is 90.6 Å². The van der Waals surface area contributed by atoms with Gasteiger partial charge in [0, 0.05) is 35.9 Å². The van der Waals surface area contributed by atoms with Crippen LogP contribution in [0.2, 0.25) is 10.0 Å². The summed E-state index contributed by atoms with van der Waals surface area (Å²) < 4.78 is 24.3. The van der Waals surface area contributed by atoms with Crippen molar-refractivity contribution in [3.8, 4) is 40.2 Å². The minimum Gasteiger partial charge on any atom is -0.506 e. The highest BCUT2D eigenvalue weighted by Crippen LogP contribution is 2.40. The molecule has 0 aromatic heterocycles. The van der Waals surface area contributed by atoms with E-state index in [0.717, 1.165) is 36.5 Å².